The molecule has 2 fully saturated rings. The molecule has 1 aliphatic carbocycles. The SMILES string of the molecule is Cc1cn([C@@H]2OC3([C@H](C)CCC[C@@H]3OS(=O)(=O)C(F)(F)F)[C@H](OCc3ccccc3)[C@@H]2O)c(=O)n(COCc2ccccc2)c1=O. The molecule has 46 heavy (non-hydrogen) atoms. The molecule has 6 atom stereocenters. The Balaban J connectivity index is 1.54. The number of alkyl halides is 3. The van der Waals surface area contributed by atoms with Crippen molar-refractivity contribution in [2.75, 3.05) is 0 Å². The van der Waals surface area contributed by atoms with Crippen molar-refractivity contribution < 1.29 is 45.1 Å². The first kappa shape index (κ1) is 34.0. The third kappa shape index (κ3) is 6.57. The second-order valence-corrected chi connectivity index (χ2v) is 13.1. The van der Waals surface area contributed by atoms with E-state index in [1.54, 1.807) is 61.5 Å². The standard InChI is InChI=1S/C31H35F3N2O9S/c1-20-16-35(29(39)36(27(20)38)19-42-17-22-11-5-3-6-12-22)28-25(37)26(43-18-23-13-7-4-8-14-23)30(44-28)21(2)10-9-15-24(30)45-46(40,41)31(32,33)34/h3-8,11-14,16,21,24-26,28,37H,9-10,15,17-19H2,1-2H3/t21-,24+,25+,26-,28-,30?/m1/s1. The smallest absolute Gasteiger partial charge is 0.386 e. The summed E-state index contributed by atoms with van der Waals surface area (Å²) in [5.41, 5.74) is -7.68. The fraction of sp³-hybridized carbons (Fsp3) is 0.484. The van der Waals surface area contributed by atoms with Crippen LogP contribution in [0.5, 0.6) is 0 Å². The van der Waals surface area contributed by atoms with Gasteiger partial charge in [0.05, 0.1) is 13.2 Å². The Hall–Kier alpha value is -3.34. The van der Waals surface area contributed by atoms with E-state index in [2.05, 4.69) is 0 Å². The molecule has 2 aromatic carbocycles. The minimum atomic E-state index is -6.08. The van der Waals surface area contributed by atoms with Gasteiger partial charge in [-0.2, -0.15) is 21.6 Å². The van der Waals surface area contributed by atoms with Gasteiger partial charge in [-0.1, -0.05) is 74.0 Å². The quantitative estimate of drug-likeness (QED) is 0.253. The molecule has 1 unspecified atom stereocenters. The van der Waals surface area contributed by atoms with Crippen LogP contribution in [0.4, 0.5) is 13.2 Å². The monoisotopic (exact) mass is 668 g/mol. The number of aliphatic hydroxyl groups is 1. The minimum Gasteiger partial charge on any atom is -0.386 e. The largest absolute Gasteiger partial charge is 0.523 e. The van der Waals surface area contributed by atoms with Crippen LogP contribution in [-0.2, 0) is 48.5 Å². The van der Waals surface area contributed by atoms with Crippen molar-refractivity contribution >= 4 is 10.1 Å². The highest BCUT2D eigenvalue weighted by Gasteiger charge is 2.66. The molecule has 2 aliphatic rings. The zero-order chi connectivity index (χ0) is 33.3. The van der Waals surface area contributed by atoms with Gasteiger partial charge in [0, 0.05) is 11.8 Å². The molecule has 1 spiro atoms. The minimum absolute atomic E-state index is 0.0885. The van der Waals surface area contributed by atoms with Crippen LogP contribution in [-0.4, -0.2) is 52.1 Å². The second kappa shape index (κ2) is 13.4. The van der Waals surface area contributed by atoms with Crippen molar-refractivity contribution in [2.24, 2.45) is 5.92 Å². The number of hydrogen-bond donors (Lipinski definition) is 1. The number of aryl methyl sites for hydroxylation is 1. The van der Waals surface area contributed by atoms with Gasteiger partial charge in [0.1, 0.15) is 30.6 Å². The summed E-state index contributed by atoms with van der Waals surface area (Å²) in [6.45, 7) is 2.61. The van der Waals surface area contributed by atoms with E-state index in [-0.39, 0.29) is 25.2 Å². The Morgan fingerprint density at radius 1 is 1.00 bits per heavy atom. The lowest BCUT2D eigenvalue weighted by molar-refractivity contribution is -0.210. The van der Waals surface area contributed by atoms with Crippen molar-refractivity contribution in [1.82, 2.24) is 9.13 Å². The Kier molecular flexibility index (Phi) is 9.92. The van der Waals surface area contributed by atoms with Gasteiger partial charge in [0.15, 0.2) is 6.23 Å². The van der Waals surface area contributed by atoms with Gasteiger partial charge in [0.25, 0.3) is 5.56 Å². The third-order valence-electron chi connectivity index (χ3n) is 8.52. The van der Waals surface area contributed by atoms with Crippen LogP contribution in [0.2, 0.25) is 0 Å². The molecule has 1 saturated heterocycles. The van der Waals surface area contributed by atoms with E-state index in [0.29, 0.717) is 18.4 Å². The zero-order valence-corrected chi connectivity index (χ0v) is 25.9. The molecule has 1 aromatic heterocycles. The van der Waals surface area contributed by atoms with Crippen molar-refractivity contribution in [2.45, 2.75) is 88.7 Å². The normalized spacial score (nSPS) is 26.9. The van der Waals surface area contributed by atoms with Crippen LogP contribution in [0.3, 0.4) is 0 Å². The van der Waals surface area contributed by atoms with Gasteiger partial charge in [-0.05, 0) is 36.8 Å². The molecule has 11 nitrogen and oxygen atoms in total. The Labute approximate surface area is 263 Å². The lowest BCUT2D eigenvalue weighted by atomic mass is 9.71. The highest BCUT2D eigenvalue weighted by atomic mass is 32.2. The van der Waals surface area contributed by atoms with Crippen molar-refractivity contribution in [1.29, 1.82) is 0 Å². The molecular formula is C31H35F3N2O9S. The van der Waals surface area contributed by atoms with Gasteiger partial charge in [-0.15, -0.1) is 0 Å². The van der Waals surface area contributed by atoms with E-state index >= 15 is 0 Å². The molecule has 1 aliphatic heterocycles. The molecule has 3 aromatic rings. The number of aromatic nitrogens is 2. The first-order chi connectivity index (χ1) is 21.8. The highest BCUT2D eigenvalue weighted by molar-refractivity contribution is 7.87. The van der Waals surface area contributed by atoms with Gasteiger partial charge < -0.3 is 19.3 Å². The predicted molar refractivity (Wildman–Crippen MR) is 158 cm³/mol. The fourth-order valence-electron chi connectivity index (χ4n) is 6.22. The number of aliphatic hydroxyl groups excluding tert-OH is 1. The van der Waals surface area contributed by atoms with E-state index in [4.69, 9.17) is 18.4 Å². The first-order valence-electron chi connectivity index (χ1n) is 14.7. The van der Waals surface area contributed by atoms with Crippen LogP contribution < -0.4 is 11.2 Å². The average molecular weight is 669 g/mol. The summed E-state index contributed by atoms with van der Waals surface area (Å²) < 4.78 is 89.8. The van der Waals surface area contributed by atoms with Crippen LogP contribution in [0.25, 0.3) is 0 Å². The van der Waals surface area contributed by atoms with Crippen molar-refractivity contribution in [3.63, 3.8) is 0 Å². The molecule has 0 bridgehead atoms. The molecule has 5 rings (SSSR count). The second-order valence-electron chi connectivity index (χ2n) is 11.6. The lowest BCUT2D eigenvalue weighted by Crippen LogP contribution is -2.61. The van der Waals surface area contributed by atoms with E-state index in [1.165, 1.54) is 13.1 Å². The molecular weight excluding hydrogens is 633 g/mol. The summed E-state index contributed by atoms with van der Waals surface area (Å²) in [6, 6.07) is 17.8. The van der Waals surface area contributed by atoms with E-state index in [1.807, 2.05) is 6.07 Å². The van der Waals surface area contributed by atoms with Crippen LogP contribution >= 0.6 is 0 Å². The summed E-state index contributed by atoms with van der Waals surface area (Å²) in [5.74, 6) is -0.688. The lowest BCUT2D eigenvalue weighted by Gasteiger charge is -2.47. The fourth-order valence-corrected chi connectivity index (χ4v) is 6.88. The number of halogens is 3. The zero-order valence-electron chi connectivity index (χ0n) is 25.1. The van der Waals surface area contributed by atoms with Crippen molar-refractivity contribution in [3.05, 3.63) is 104 Å². The Bertz CT molecular complexity index is 1730. The van der Waals surface area contributed by atoms with E-state index < -0.39 is 69.7 Å². The predicted octanol–water partition coefficient (Wildman–Crippen LogP) is 3.76. The Morgan fingerprint density at radius 3 is 2.22 bits per heavy atom. The number of benzene rings is 2. The highest BCUT2D eigenvalue weighted by Crippen LogP contribution is 2.52. The molecule has 250 valence electrons. The van der Waals surface area contributed by atoms with Gasteiger partial charge >= 0.3 is 21.3 Å². The summed E-state index contributed by atoms with van der Waals surface area (Å²) >= 11 is 0. The maximum absolute atomic E-state index is 13.7. The number of hydrogen-bond acceptors (Lipinski definition) is 9. The molecule has 1 saturated carbocycles. The first-order valence-corrected chi connectivity index (χ1v) is 16.1. The number of nitrogens with zero attached hydrogens (tertiary/aromatic N) is 2. The van der Waals surface area contributed by atoms with Gasteiger partial charge in [-0.25, -0.2) is 9.36 Å². The summed E-state index contributed by atoms with van der Waals surface area (Å²) in [4.78, 5) is 26.7. The summed E-state index contributed by atoms with van der Waals surface area (Å²) in [7, 11) is -6.08. The maximum Gasteiger partial charge on any atom is 0.523 e. The van der Waals surface area contributed by atoms with Gasteiger partial charge in [-0.3, -0.25) is 13.5 Å². The maximum atomic E-state index is 13.7. The molecule has 0 amide bonds. The topological polar surface area (TPSA) is 135 Å². The summed E-state index contributed by atoms with van der Waals surface area (Å²) in [5, 5.41) is 11.7. The van der Waals surface area contributed by atoms with E-state index in [0.717, 1.165) is 14.7 Å². The van der Waals surface area contributed by atoms with Gasteiger partial charge in [0.2, 0.25) is 0 Å². The third-order valence-corrected chi connectivity index (χ3v) is 9.57. The van der Waals surface area contributed by atoms with Crippen LogP contribution in [0, 0.1) is 12.8 Å². The average Bonchev–Trinajstić information content (AvgIpc) is 3.30. The van der Waals surface area contributed by atoms with Crippen LogP contribution in [0.15, 0.2) is 76.4 Å². The number of ether oxygens (including phenoxy) is 3. The van der Waals surface area contributed by atoms with Crippen LogP contribution in [0.1, 0.15) is 49.1 Å². The molecule has 15 heteroatoms. The Morgan fingerprint density at radius 2 is 1.61 bits per heavy atom. The van der Waals surface area contributed by atoms with Crippen molar-refractivity contribution in [3.8, 4) is 0 Å². The summed E-state index contributed by atoms with van der Waals surface area (Å²) in [6.07, 6.45) is -4.76. The molecule has 0 radical (unpaired) electrons. The molecule has 1 N–H and O–H groups in total. The number of rotatable bonds is 10. The molecule has 2 heterocycles. The van der Waals surface area contributed by atoms with E-state index in [9.17, 15) is 36.3 Å².